The first-order chi connectivity index (χ1) is 9.61. The fourth-order valence-corrected chi connectivity index (χ4v) is 2.73. The lowest BCUT2D eigenvalue weighted by Gasteiger charge is -2.18. The summed E-state index contributed by atoms with van der Waals surface area (Å²) in [4.78, 5) is 15.5. The van der Waals surface area contributed by atoms with E-state index in [0.29, 0.717) is 0 Å². The molecule has 1 amide bonds. The second kappa shape index (κ2) is 6.54. The van der Waals surface area contributed by atoms with Crippen LogP contribution in [0, 0.1) is 6.92 Å². The maximum absolute atomic E-state index is 12.4. The monoisotopic (exact) mass is 289 g/mol. The average molecular weight is 289 g/mol. The number of hydrogen-bond donors (Lipinski definition) is 2. The van der Waals surface area contributed by atoms with Gasteiger partial charge in [0.15, 0.2) is 0 Å². The number of nitrogens with two attached hydrogens (primary N) is 1. The van der Waals surface area contributed by atoms with Crippen molar-refractivity contribution < 1.29 is 4.79 Å². The highest BCUT2D eigenvalue weighted by atomic mass is 32.1. The van der Waals surface area contributed by atoms with Gasteiger partial charge in [0.1, 0.15) is 0 Å². The van der Waals surface area contributed by atoms with E-state index in [1.165, 1.54) is 4.88 Å². The Morgan fingerprint density at radius 3 is 2.80 bits per heavy atom. The average Bonchev–Trinajstić information content (AvgIpc) is 2.97. The third-order valence-corrected chi connectivity index (χ3v) is 4.18. The summed E-state index contributed by atoms with van der Waals surface area (Å²) in [6, 6.07) is 9.63. The molecule has 106 valence electrons. The molecular weight excluding hydrogens is 270 g/mol. The van der Waals surface area contributed by atoms with Gasteiger partial charge in [0.25, 0.3) is 5.91 Å². The number of thiophene rings is 1. The molecule has 1 heterocycles. The Hall–Kier alpha value is -1.85. The molecule has 0 saturated heterocycles. The van der Waals surface area contributed by atoms with Gasteiger partial charge in [-0.15, -0.1) is 11.3 Å². The SMILES string of the molecule is Cc1cc(NN)ccc1C(=O)N(C)CCc1cccs1. The number of likely N-dealkylation sites (N-methyl/N-ethyl adjacent to an activating group) is 1. The highest BCUT2D eigenvalue weighted by Crippen LogP contribution is 2.16. The minimum Gasteiger partial charge on any atom is -0.341 e. The topological polar surface area (TPSA) is 58.4 Å². The minimum atomic E-state index is 0.0441. The molecule has 1 aromatic carbocycles. The number of nitrogen functional groups attached to an aromatic ring is 1. The summed E-state index contributed by atoms with van der Waals surface area (Å²) < 4.78 is 0. The third-order valence-electron chi connectivity index (χ3n) is 3.24. The number of hydrogen-bond acceptors (Lipinski definition) is 4. The Bertz CT molecular complexity index is 581. The number of amides is 1. The first kappa shape index (κ1) is 14.6. The van der Waals surface area contributed by atoms with Crippen molar-refractivity contribution in [3.8, 4) is 0 Å². The van der Waals surface area contributed by atoms with Gasteiger partial charge in [-0.25, -0.2) is 0 Å². The molecule has 1 aromatic heterocycles. The van der Waals surface area contributed by atoms with Crippen molar-refractivity contribution >= 4 is 22.9 Å². The lowest BCUT2D eigenvalue weighted by molar-refractivity contribution is 0.0796. The zero-order chi connectivity index (χ0) is 14.5. The van der Waals surface area contributed by atoms with Crippen LogP contribution in [0.2, 0.25) is 0 Å². The zero-order valence-electron chi connectivity index (χ0n) is 11.7. The molecule has 0 radical (unpaired) electrons. The minimum absolute atomic E-state index is 0.0441. The van der Waals surface area contributed by atoms with Crippen LogP contribution in [0.5, 0.6) is 0 Å². The molecule has 0 aliphatic carbocycles. The van der Waals surface area contributed by atoms with Gasteiger partial charge < -0.3 is 10.3 Å². The number of nitrogens with zero attached hydrogens (tertiary/aromatic N) is 1. The number of nitrogens with one attached hydrogen (secondary N) is 1. The van der Waals surface area contributed by atoms with Crippen molar-refractivity contribution in [2.45, 2.75) is 13.3 Å². The smallest absolute Gasteiger partial charge is 0.253 e. The van der Waals surface area contributed by atoms with Crippen LogP contribution >= 0.6 is 11.3 Å². The van der Waals surface area contributed by atoms with Crippen LogP contribution in [0.15, 0.2) is 35.7 Å². The summed E-state index contributed by atoms with van der Waals surface area (Å²) in [6.45, 7) is 2.64. The number of hydrazine groups is 1. The van der Waals surface area contributed by atoms with E-state index >= 15 is 0 Å². The van der Waals surface area contributed by atoms with E-state index in [9.17, 15) is 4.79 Å². The van der Waals surface area contributed by atoms with Crippen molar-refractivity contribution in [3.63, 3.8) is 0 Å². The number of anilines is 1. The Balaban J connectivity index is 2.02. The summed E-state index contributed by atoms with van der Waals surface area (Å²) in [5.41, 5.74) is 5.03. The molecule has 0 spiro atoms. The second-order valence-electron chi connectivity index (χ2n) is 4.73. The molecule has 0 aliphatic heterocycles. The van der Waals surface area contributed by atoms with E-state index in [1.807, 2.05) is 38.2 Å². The molecule has 0 aliphatic rings. The first-order valence-corrected chi connectivity index (χ1v) is 7.35. The summed E-state index contributed by atoms with van der Waals surface area (Å²) >= 11 is 1.72. The maximum Gasteiger partial charge on any atom is 0.253 e. The van der Waals surface area contributed by atoms with E-state index < -0.39 is 0 Å². The van der Waals surface area contributed by atoms with Crippen LogP contribution < -0.4 is 11.3 Å². The number of aryl methyl sites for hydroxylation is 1. The van der Waals surface area contributed by atoms with Gasteiger partial charge in [0.05, 0.1) is 0 Å². The number of rotatable bonds is 5. The van der Waals surface area contributed by atoms with Crippen LogP contribution in [-0.4, -0.2) is 24.4 Å². The summed E-state index contributed by atoms with van der Waals surface area (Å²) in [6.07, 6.45) is 0.890. The lowest BCUT2D eigenvalue weighted by atomic mass is 10.1. The summed E-state index contributed by atoms with van der Waals surface area (Å²) in [7, 11) is 1.84. The number of benzene rings is 1. The van der Waals surface area contributed by atoms with Crippen molar-refractivity contribution in [2.75, 3.05) is 19.0 Å². The molecule has 4 nitrogen and oxygen atoms in total. The third kappa shape index (κ3) is 3.37. The van der Waals surface area contributed by atoms with Crippen LogP contribution in [0.25, 0.3) is 0 Å². The number of carbonyl (C=O) groups is 1. The standard InChI is InChI=1S/C15H19N3OS/c1-11-10-12(17-16)5-6-14(11)15(19)18(2)8-7-13-4-3-9-20-13/h3-6,9-10,17H,7-8,16H2,1-2H3. The molecule has 2 aromatic rings. The Morgan fingerprint density at radius 2 is 2.20 bits per heavy atom. The van der Waals surface area contributed by atoms with E-state index in [0.717, 1.165) is 29.8 Å². The summed E-state index contributed by atoms with van der Waals surface area (Å²) in [5, 5.41) is 2.06. The summed E-state index contributed by atoms with van der Waals surface area (Å²) in [5.74, 6) is 5.41. The van der Waals surface area contributed by atoms with Crippen LogP contribution in [0.3, 0.4) is 0 Å². The quantitative estimate of drug-likeness (QED) is 0.657. The molecule has 0 bridgehead atoms. The van der Waals surface area contributed by atoms with Gasteiger partial charge in [-0.05, 0) is 48.6 Å². The second-order valence-corrected chi connectivity index (χ2v) is 5.76. The van der Waals surface area contributed by atoms with E-state index in [-0.39, 0.29) is 5.91 Å². The Labute approximate surface area is 123 Å². The Kier molecular flexibility index (Phi) is 4.76. The molecule has 0 atom stereocenters. The number of carbonyl (C=O) groups excluding carboxylic acids is 1. The predicted octanol–water partition coefficient (Wildman–Crippen LogP) is 2.66. The molecule has 2 rings (SSSR count). The van der Waals surface area contributed by atoms with Crippen LogP contribution in [0.4, 0.5) is 5.69 Å². The predicted molar refractivity (Wildman–Crippen MR) is 84.0 cm³/mol. The fraction of sp³-hybridized carbons (Fsp3) is 0.267. The van der Waals surface area contributed by atoms with Gasteiger partial charge >= 0.3 is 0 Å². The Morgan fingerprint density at radius 1 is 1.40 bits per heavy atom. The van der Waals surface area contributed by atoms with E-state index in [4.69, 9.17) is 5.84 Å². The van der Waals surface area contributed by atoms with Crippen molar-refractivity contribution in [2.24, 2.45) is 5.84 Å². The van der Waals surface area contributed by atoms with Gasteiger partial charge in [0.2, 0.25) is 0 Å². The fourth-order valence-electron chi connectivity index (χ4n) is 2.03. The highest BCUT2D eigenvalue weighted by molar-refractivity contribution is 7.09. The zero-order valence-corrected chi connectivity index (χ0v) is 12.5. The molecule has 0 unspecified atom stereocenters. The highest BCUT2D eigenvalue weighted by Gasteiger charge is 2.14. The van der Waals surface area contributed by atoms with E-state index in [1.54, 1.807) is 16.2 Å². The van der Waals surface area contributed by atoms with Crippen molar-refractivity contribution in [1.82, 2.24) is 4.90 Å². The normalized spacial score (nSPS) is 10.3. The molecule has 0 saturated carbocycles. The first-order valence-electron chi connectivity index (χ1n) is 6.47. The molecular formula is C15H19N3OS. The van der Waals surface area contributed by atoms with Gasteiger partial charge in [0, 0.05) is 29.7 Å². The van der Waals surface area contributed by atoms with Crippen molar-refractivity contribution in [1.29, 1.82) is 0 Å². The van der Waals surface area contributed by atoms with Gasteiger partial charge in [-0.2, -0.15) is 0 Å². The van der Waals surface area contributed by atoms with E-state index in [2.05, 4.69) is 16.9 Å². The largest absolute Gasteiger partial charge is 0.341 e. The molecule has 20 heavy (non-hydrogen) atoms. The lowest BCUT2D eigenvalue weighted by Crippen LogP contribution is -2.29. The molecule has 0 fully saturated rings. The van der Waals surface area contributed by atoms with Gasteiger partial charge in [-0.3, -0.25) is 10.6 Å². The van der Waals surface area contributed by atoms with Gasteiger partial charge in [-0.1, -0.05) is 6.07 Å². The maximum atomic E-state index is 12.4. The van der Waals surface area contributed by atoms with Crippen molar-refractivity contribution in [3.05, 3.63) is 51.7 Å². The molecule has 3 N–H and O–H groups in total. The van der Waals surface area contributed by atoms with Crippen LogP contribution in [0.1, 0.15) is 20.8 Å². The molecule has 5 heteroatoms. The van der Waals surface area contributed by atoms with Crippen LogP contribution in [-0.2, 0) is 6.42 Å².